The van der Waals surface area contributed by atoms with Gasteiger partial charge in [0.2, 0.25) is 0 Å². The van der Waals surface area contributed by atoms with Crippen LogP contribution in [0.25, 0.3) is 0 Å². The lowest BCUT2D eigenvalue weighted by Crippen LogP contribution is -2.26. The first-order valence-electron chi connectivity index (χ1n) is 8.04. The molecule has 0 saturated carbocycles. The standard InChI is InChI=1S/C17H25NO4/c1-21-16(19)13-9-5-3-4-6-10-14(15(13)17(20)22-2)18-11-7-8-12-18/h9H,3-8,10-12H2,1-2H3/b13-9-,15-14-. The molecule has 0 N–H and O–H groups in total. The molecule has 0 aromatic heterocycles. The van der Waals surface area contributed by atoms with Crippen molar-refractivity contribution in [3.63, 3.8) is 0 Å². The van der Waals surface area contributed by atoms with Crippen LogP contribution in [0.4, 0.5) is 0 Å². The fourth-order valence-corrected chi connectivity index (χ4v) is 3.17. The molecule has 5 heteroatoms. The number of hydrogen-bond donors (Lipinski definition) is 0. The average molecular weight is 307 g/mol. The maximum Gasteiger partial charge on any atom is 0.340 e. The Hall–Kier alpha value is -1.78. The zero-order valence-corrected chi connectivity index (χ0v) is 13.5. The van der Waals surface area contributed by atoms with Crippen LogP contribution in [0.3, 0.4) is 0 Å². The van der Waals surface area contributed by atoms with Gasteiger partial charge in [-0.1, -0.05) is 12.5 Å². The number of esters is 2. The highest BCUT2D eigenvalue weighted by Gasteiger charge is 2.29. The summed E-state index contributed by atoms with van der Waals surface area (Å²) in [5.74, 6) is -0.903. The number of rotatable bonds is 3. The number of nitrogens with zero attached hydrogens (tertiary/aromatic N) is 1. The van der Waals surface area contributed by atoms with E-state index >= 15 is 0 Å². The normalized spacial score (nSPS) is 25.5. The molecule has 2 rings (SSSR count). The van der Waals surface area contributed by atoms with Crippen molar-refractivity contribution in [2.75, 3.05) is 27.3 Å². The molecule has 1 saturated heterocycles. The molecule has 2 aliphatic rings. The minimum Gasteiger partial charge on any atom is -0.465 e. The highest BCUT2D eigenvalue weighted by atomic mass is 16.5. The van der Waals surface area contributed by atoms with E-state index in [1.54, 1.807) is 0 Å². The minimum atomic E-state index is -0.459. The van der Waals surface area contributed by atoms with Gasteiger partial charge in [0, 0.05) is 18.8 Å². The van der Waals surface area contributed by atoms with E-state index in [0.29, 0.717) is 11.1 Å². The van der Waals surface area contributed by atoms with Crippen molar-refractivity contribution in [2.24, 2.45) is 0 Å². The quantitative estimate of drug-likeness (QED) is 0.750. The van der Waals surface area contributed by atoms with Crippen molar-refractivity contribution in [3.8, 4) is 0 Å². The van der Waals surface area contributed by atoms with Gasteiger partial charge < -0.3 is 14.4 Å². The molecule has 0 aromatic rings. The van der Waals surface area contributed by atoms with Crippen LogP contribution in [0.15, 0.2) is 22.9 Å². The van der Waals surface area contributed by atoms with E-state index < -0.39 is 11.9 Å². The Balaban J connectivity index is 2.52. The van der Waals surface area contributed by atoms with Crippen molar-refractivity contribution in [2.45, 2.75) is 44.9 Å². The van der Waals surface area contributed by atoms with Crippen LogP contribution < -0.4 is 0 Å². The van der Waals surface area contributed by atoms with Crippen molar-refractivity contribution in [1.82, 2.24) is 4.90 Å². The van der Waals surface area contributed by atoms with Gasteiger partial charge in [0.05, 0.1) is 25.4 Å². The summed E-state index contributed by atoms with van der Waals surface area (Å²) in [6, 6.07) is 0. The van der Waals surface area contributed by atoms with Crippen LogP contribution in [0, 0.1) is 0 Å². The molecule has 122 valence electrons. The van der Waals surface area contributed by atoms with Crippen LogP contribution in [-0.2, 0) is 19.1 Å². The Morgan fingerprint density at radius 3 is 2.27 bits per heavy atom. The molecular formula is C17H25NO4. The first-order chi connectivity index (χ1) is 10.7. The summed E-state index contributed by atoms with van der Waals surface area (Å²) in [6.45, 7) is 1.87. The third-order valence-electron chi connectivity index (χ3n) is 4.31. The number of hydrogen-bond acceptors (Lipinski definition) is 5. The molecule has 0 radical (unpaired) electrons. The van der Waals surface area contributed by atoms with E-state index in [2.05, 4.69) is 4.90 Å². The minimum absolute atomic E-state index is 0.359. The first kappa shape index (κ1) is 16.6. The largest absolute Gasteiger partial charge is 0.465 e. The number of methoxy groups -OCH3 is 2. The molecule has 0 atom stereocenters. The summed E-state index contributed by atoms with van der Waals surface area (Å²) < 4.78 is 9.86. The number of carbonyl (C=O) groups is 2. The Morgan fingerprint density at radius 1 is 0.955 bits per heavy atom. The van der Waals surface area contributed by atoms with Crippen LogP contribution in [0.2, 0.25) is 0 Å². The fourth-order valence-electron chi connectivity index (χ4n) is 3.17. The van der Waals surface area contributed by atoms with Gasteiger partial charge >= 0.3 is 11.9 Å². The van der Waals surface area contributed by atoms with Gasteiger partial charge in [-0.15, -0.1) is 0 Å². The molecule has 0 bridgehead atoms. The van der Waals surface area contributed by atoms with E-state index in [0.717, 1.165) is 63.7 Å². The average Bonchev–Trinajstić information content (AvgIpc) is 3.08. The molecule has 0 amide bonds. The summed E-state index contributed by atoms with van der Waals surface area (Å²) >= 11 is 0. The summed E-state index contributed by atoms with van der Waals surface area (Å²) in [5, 5.41) is 0. The van der Waals surface area contributed by atoms with Gasteiger partial charge in [-0.3, -0.25) is 0 Å². The van der Waals surface area contributed by atoms with Crippen molar-refractivity contribution < 1.29 is 19.1 Å². The maximum absolute atomic E-state index is 12.4. The van der Waals surface area contributed by atoms with Gasteiger partial charge in [0.1, 0.15) is 0 Å². The van der Waals surface area contributed by atoms with E-state index in [-0.39, 0.29) is 0 Å². The molecule has 1 aliphatic carbocycles. The summed E-state index contributed by atoms with van der Waals surface area (Å²) in [7, 11) is 2.71. The Kier molecular flexibility index (Phi) is 6.04. The Morgan fingerprint density at radius 2 is 1.64 bits per heavy atom. The first-order valence-corrected chi connectivity index (χ1v) is 8.04. The molecule has 5 nitrogen and oxygen atoms in total. The molecule has 0 unspecified atom stereocenters. The number of allylic oxidation sites excluding steroid dienone is 2. The van der Waals surface area contributed by atoms with Crippen molar-refractivity contribution in [1.29, 1.82) is 0 Å². The summed E-state index contributed by atoms with van der Waals surface area (Å²) in [6.07, 6.45) is 8.79. The second kappa shape index (κ2) is 8.01. The van der Waals surface area contributed by atoms with Gasteiger partial charge in [-0.25, -0.2) is 9.59 Å². The molecule has 22 heavy (non-hydrogen) atoms. The summed E-state index contributed by atoms with van der Waals surface area (Å²) in [4.78, 5) is 26.8. The maximum atomic E-state index is 12.4. The van der Waals surface area contributed by atoms with Crippen molar-refractivity contribution >= 4 is 11.9 Å². The van der Waals surface area contributed by atoms with Gasteiger partial charge in [0.15, 0.2) is 0 Å². The zero-order chi connectivity index (χ0) is 15.9. The number of likely N-dealkylation sites (tertiary alicyclic amines) is 1. The molecule has 1 aliphatic heterocycles. The Bertz CT molecular complexity index is 487. The van der Waals surface area contributed by atoms with Gasteiger partial charge in [-0.05, 0) is 38.5 Å². The van der Waals surface area contributed by atoms with Crippen LogP contribution in [0.5, 0.6) is 0 Å². The van der Waals surface area contributed by atoms with Crippen LogP contribution in [0.1, 0.15) is 44.9 Å². The van der Waals surface area contributed by atoms with Crippen molar-refractivity contribution in [3.05, 3.63) is 22.9 Å². The number of ether oxygens (including phenoxy) is 2. The molecular weight excluding hydrogens is 282 g/mol. The molecule has 1 heterocycles. The predicted octanol–water partition coefficient (Wildman–Crippen LogP) is 2.57. The van der Waals surface area contributed by atoms with Crippen LogP contribution in [-0.4, -0.2) is 44.1 Å². The lowest BCUT2D eigenvalue weighted by molar-refractivity contribution is -0.139. The highest BCUT2D eigenvalue weighted by Crippen LogP contribution is 2.30. The van der Waals surface area contributed by atoms with Gasteiger partial charge in [-0.2, -0.15) is 0 Å². The van der Waals surface area contributed by atoms with E-state index in [4.69, 9.17) is 9.47 Å². The molecule has 0 aromatic carbocycles. The van der Waals surface area contributed by atoms with E-state index in [1.165, 1.54) is 14.2 Å². The van der Waals surface area contributed by atoms with E-state index in [1.807, 2.05) is 6.08 Å². The monoisotopic (exact) mass is 307 g/mol. The lowest BCUT2D eigenvalue weighted by atomic mass is 10.00. The lowest BCUT2D eigenvalue weighted by Gasteiger charge is -2.25. The zero-order valence-electron chi connectivity index (χ0n) is 13.5. The predicted molar refractivity (Wildman–Crippen MR) is 83.0 cm³/mol. The van der Waals surface area contributed by atoms with E-state index in [9.17, 15) is 9.59 Å². The molecule has 0 spiro atoms. The van der Waals surface area contributed by atoms with Gasteiger partial charge in [0.25, 0.3) is 0 Å². The smallest absolute Gasteiger partial charge is 0.340 e. The highest BCUT2D eigenvalue weighted by molar-refractivity contribution is 6.07. The second-order valence-corrected chi connectivity index (χ2v) is 5.72. The fraction of sp³-hybridized carbons (Fsp3) is 0.647. The SMILES string of the molecule is COC(=O)C1=C\CCCCC/C(N2CCCC2)=C\1C(=O)OC. The summed E-state index contributed by atoms with van der Waals surface area (Å²) in [5.41, 5.74) is 1.71. The topological polar surface area (TPSA) is 55.8 Å². The number of carbonyl (C=O) groups excluding carboxylic acids is 2. The van der Waals surface area contributed by atoms with Crippen LogP contribution >= 0.6 is 0 Å². The third kappa shape index (κ3) is 3.70. The second-order valence-electron chi connectivity index (χ2n) is 5.72. The Labute approximate surface area is 131 Å². The molecule has 1 fully saturated rings. The third-order valence-corrected chi connectivity index (χ3v) is 4.31.